The predicted molar refractivity (Wildman–Crippen MR) is 80.8 cm³/mol. The van der Waals surface area contributed by atoms with Crippen molar-refractivity contribution in [3.63, 3.8) is 0 Å². The molecule has 2 amide bonds. The minimum atomic E-state index is -0.812. The van der Waals surface area contributed by atoms with Crippen molar-refractivity contribution in [2.24, 2.45) is 5.92 Å². The molecule has 0 aliphatic rings. The first-order valence-corrected chi connectivity index (χ1v) is 6.86. The highest BCUT2D eigenvalue weighted by Crippen LogP contribution is 2.20. The number of benzene rings is 1. The lowest BCUT2D eigenvalue weighted by Crippen LogP contribution is -2.30. The van der Waals surface area contributed by atoms with Crippen LogP contribution >= 0.6 is 0 Å². The van der Waals surface area contributed by atoms with Crippen LogP contribution in [0.25, 0.3) is 0 Å². The Morgan fingerprint density at radius 3 is 2.67 bits per heavy atom. The molecule has 1 aromatic carbocycles. The number of aryl methyl sites for hydroxylation is 1. The zero-order valence-electron chi connectivity index (χ0n) is 12.6. The first-order valence-electron chi connectivity index (χ1n) is 6.86. The molecule has 0 aliphatic heterocycles. The van der Waals surface area contributed by atoms with Crippen molar-refractivity contribution < 1.29 is 19.4 Å². The van der Waals surface area contributed by atoms with Gasteiger partial charge < -0.3 is 20.5 Å². The van der Waals surface area contributed by atoms with E-state index in [-0.39, 0.29) is 6.03 Å². The van der Waals surface area contributed by atoms with Crippen LogP contribution in [0, 0.1) is 12.8 Å². The van der Waals surface area contributed by atoms with E-state index in [1.54, 1.807) is 26.2 Å². The molecule has 0 heterocycles. The number of hydrogen-bond donors (Lipinski definition) is 3. The zero-order chi connectivity index (χ0) is 15.8. The first kappa shape index (κ1) is 16.8. The van der Waals surface area contributed by atoms with Crippen molar-refractivity contribution in [2.45, 2.75) is 26.7 Å². The van der Waals surface area contributed by atoms with Crippen LogP contribution in [0.2, 0.25) is 0 Å². The Morgan fingerprint density at radius 1 is 1.38 bits per heavy atom. The van der Waals surface area contributed by atoms with Crippen molar-refractivity contribution in [3.8, 4) is 5.75 Å². The topological polar surface area (TPSA) is 87.7 Å². The summed E-state index contributed by atoms with van der Waals surface area (Å²) in [7, 11) is 1.59. The van der Waals surface area contributed by atoms with Gasteiger partial charge in [0.1, 0.15) is 5.75 Å². The van der Waals surface area contributed by atoms with Gasteiger partial charge in [-0.15, -0.1) is 0 Å². The minimum Gasteiger partial charge on any atom is -0.497 e. The van der Waals surface area contributed by atoms with E-state index in [1.165, 1.54) is 0 Å². The molecular formula is C15H22N2O4. The summed E-state index contributed by atoms with van der Waals surface area (Å²) >= 11 is 0. The van der Waals surface area contributed by atoms with Gasteiger partial charge in [0.15, 0.2) is 0 Å². The first-order chi connectivity index (χ1) is 9.93. The molecule has 0 bridgehead atoms. The molecule has 21 heavy (non-hydrogen) atoms. The van der Waals surface area contributed by atoms with Gasteiger partial charge in [-0.05, 0) is 43.5 Å². The van der Waals surface area contributed by atoms with E-state index in [1.807, 2.05) is 13.0 Å². The highest BCUT2D eigenvalue weighted by Gasteiger charge is 2.10. The fraction of sp³-hybridized carbons (Fsp3) is 0.467. The van der Waals surface area contributed by atoms with E-state index in [0.717, 1.165) is 11.3 Å². The monoisotopic (exact) mass is 294 g/mol. The maximum absolute atomic E-state index is 11.7. The Kier molecular flexibility index (Phi) is 6.52. The van der Waals surface area contributed by atoms with Crippen LogP contribution in [0.15, 0.2) is 18.2 Å². The molecule has 116 valence electrons. The normalized spacial score (nSPS) is 11.6. The second kappa shape index (κ2) is 8.14. The predicted octanol–water partition coefficient (Wildman–Crippen LogP) is 2.63. The van der Waals surface area contributed by atoms with Crippen LogP contribution in [0.4, 0.5) is 10.5 Å². The summed E-state index contributed by atoms with van der Waals surface area (Å²) < 4.78 is 5.10. The van der Waals surface area contributed by atoms with E-state index in [2.05, 4.69) is 10.6 Å². The van der Waals surface area contributed by atoms with Gasteiger partial charge in [0.2, 0.25) is 0 Å². The van der Waals surface area contributed by atoms with E-state index in [9.17, 15) is 9.59 Å². The number of carbonyl (C=O) groups excluding carboxylic acids is 1. The maximum atomic E-state index is 11.7. The van der Waals surface area contributed by atoms with Gasteiger partial charge in [-0.2, -0.15) is 0 Å². The molecule has 1 unspecified atom stereocenters. The fourth-order valence-corrected chi connectivity index (χ4v) is 1.80. The van der Waals surface area contributed by atoms with Gasteiger partial charge in [0.25, 0.3) is 0 Å². The zero-order valence-corrected chi connectivity index (χ0v) is 12.6. The lowest BCUT2D eigenvalue weighted by molar-refractivity contribution is -0.141. The molecule has 0 saturated carbocycles. The number of aliphatic carboxylic acids is 1. The maximum Gasteiger partial charge on any atom is 0.319 e. The number of carbonyl (C=O) groups is 2. The molecule has 3 N–H and O–H groups in total. The van der Waals surface area contributed by atoms with Crippen molar-refractivity contribution in [1.29, 1.82) is 0 Å². The average molecular weight is 294 g/mol. The number of anilines is 1. The minimum absolute atomic E-state index is 0.300. The molecule has 0 aliphatic carbocycles. The van der Waals surface area contributed by atoms with Gasteiger partial charge >= 0.3 is 12.0 Å². The Hall–Kier alpha value is -2.24. The summed E-state index contributed by atoms with van der Waals surface area (Å²) in [4.78, 5) is 22.4. The van der Waals surface area contributed by atoms with E-state index in [0.29, 0.717) is 25.1 Å². The third-order valence-electron chi connectivity index (χ3n) is 3.20. The molecule has 6 nitrogen and oxygen atoms in total. The SMILES string of the molecule is COc1ccc(NC(=O)NCCCC(C)C(=O)O)c(C)c1. The summed E-state index contributed by atoms with van der Waals surface area (Å²) in [5.41, 5.74) is 1.62. The largest absolute Gasteiger partial charge is 0.497 e. The highest BCUT2D eigenvalue weighted by atomic mass is 16.5. The second-order valence-electron chi connectivity index (χ2n) is 4.94. The number of ether oxygens (including phenoxy) is 1. The number of carboxylic acids is 1. The number of methoxy groups -OCH3 is 1. The molecular weight excluding hydrogens is 272 g/mol. The Bertz CT molecular complexity index is 502. The molecule has 6 heteroatoms. The Balaban J connectivity index is 2.35. The summed E-state index contributed by atoms with van der Waals surface area (Å²) in [6, 6.07) is 5.09. The summed E-state index contributed by atoms with van der Waals surface area (Å²) in [5, 5.41) is 14.2. The average Bonchev–Trinajstić information content (AvgIpc) is 2.45. The molecule has 0 fully saturated rings. The molecule has 0 spiro atoms. The highest BCUT2D eigenvalue weighted by molar-refractivity contribution is 5.90. The van der Waals surface area contributed by atoms with Crippen molar-refractivity contribution in [2.75, 3.05) is 19.0 Å². The number of nitrogens with one attached hydrogen (secondary N) is 2. The lowest BCUT2D eigenvalue weighted by Gasteiger charge is -2.11. The van der Waals surface area contributed by atoms with Crippen LogP contribution < -0.4 is 15.4 Å². The second-order valence-corrected chi connectivity index (χ2v) is 4.94. The third kappa shape index (κ3) is 5.72. The number of rotatable bonds is 7. The van der Waals surface area contributed by atoms with E-state index >= 15 is 0 Å². The van der Waals surface area contributed by atoms with Crippen molar-refractivity contribution in [1.82, 2.24) is 5.32 Å². The van der Waals surface area contributed by atoms with Gasteiger partial charge in [-0.25, -0.2) is 4.79 Å². The molecule has 1 rings (SSSR count). The number of amides is 2. The summed E-state index contributed by atoms with van der Waals surface area (Å²) in [5.74, 6) is -0.465. The molecule has 0 saturated heterocycles. The van der Waals surface area contributed by atoms with Crippen LogP contribution in [0.3, 0.4) is 0 Å². The van der Waals surface area contributed by atoms with E-state index in [4.69, 9.17) is 9.84 Å². The number of carboxylic acid groups (broad SMARTS) is 1. The Morgan fingerprint density at radius 2 is 2.10 bits per heavy atom. The molecule has 1 aromatic rings. The third-order valence-corrected chi connectivity index (χ3v) is 3.20. The number of urea groups is 1. The lowest BCUT2D eigenvalue weighted by atomic mass is 10.1. The van der Waals surface area contributed by atoms with Gasteiger partial charge in [0.05, 0.1) is 13.0 Å². The summed E-state index contributed by atoms with van der Waals surface area (Å²) in [6.45, 7) is 3.98. The summed E-state index contributed by atoms with van der Waals surface area (Å²) in [6.07, 6.45) is 1.17. The Labute approximate surface area is 124 Å². The fourth-order valence-electron chi connectivity index (χ4n) is 1.80. The number of hydrogen-bond acceptors (Lipinski definition) is 3. The molecule has 0 aromatic heterocycles. The van der Waals surface area contributed by atoms with Crippen LogP contribution in [0.5, 0.6) is 5.75 Å². The van der Waals surface area contributed by atoms with Crippen molar-refractivity contribution in [3.05, 3.63) is 23.8 Å². The molecule has 1 atom stereocenters. The smallest absolute Gasteiger partial charge is 0.319 e. The van der Waals surface area contributed by atoms with Crippen LogP contribution in [-0.4, -0.2) is 30.8 Å². The quantitative estimate of drug-likeness (QED) is 0.675. The van der Waals surface area contributed by atoms with Gasteiger partial charge in [-0.1, -0.05) is 6.92 Å². The van der Waals surface area contributed by atoms with Gasteiger partial charge in [-0.3, -0.25) is 4.79 Å². The van der Waals surface area contributed by atoms with Gasteiger partial charge in [0, 0.05) is 12.2 Å². The standard InChI is InChI=1S/C15H22N2O4/c1-10(14(18)19)5-4-8-16-15(20)17-13-7-6-12(21-3)9-11(13)2/h6-7,9-10H,4-5,8H2,1-3H3,(H,18,19)(H2,16,17,20). The van der Waals surface area contributed by atoms with Crippen LogP contribution in [-0.2, 0) is 4.79 Å². The van der Waals surface area contributed by atoms with E-state index < -0.39 is 11.9 Å². The molecule has 0 radical (unpaired) electrons. The van der Waals surface area contributed by atoms with Crippen LogP contribution in [0.1, 0.15) is 25.3 Å². The van der Waals surface area contributed by atoms with Crippen molar-refractivity contribution >= 4 is 17.7 Å².